The number of nitrogens with zero attached hydrogens (tertiary/aromatic N) is 3. The van der Waals surface area contributed by atoms with Crippen molar-refractivity contribution in [2.45, 2.75) is 19.0 Å². The van der Waals surface area contributed by atoms with Crippen LogP contribution < -0.4 is 5.32 Å². The second kappa shape index (κ2) is 3.37. The molecule has 1 heterocycles. The zero-order valence-corrected chi connectivity index (χ0v) is 7.28. The van der Waals surface area contributed by atoms with Gasteiger partial charge in [0.05, 0.1) is 12.6 Å². The monoisotopic (exact) mass is 164 g/mol. The maximum atomic E-state index is 8.83. The molecule has 1 atom stereocenters. The van der Waals surface area contributed by atoms with Gasteiger partial charge < -0.3 is 5.32 Å². The standard InChI is InChI=1S/C8H12N4/c1-8(6-9,10-2)7-12-5-3-4-11-12/h3-5,10H,7H2,1-2H3. The van der Waals surface area contributed by atoms with E-state index in [0.717, 1.165) is 0 Å². The van der Waals surface area contributed by atoms with E-state index in [0.29, 0.717) is 6.54 Å². The minimum Gasteiger partial charge on any atom is -0.301 e. The van der Waals surface area contributed by atoms with Crippen molar-refractivity contribution >= 4 is 0 Å². The van der Waals surface area contributed by atoms with Crippen molar-refractivity contribution in [3.05, 3.63) is 18.5 Å². The number of hydrogen-bond donors (Lipinski definition) is 1. The van der Waals surface area contributed by atoms with Gasteiger partial charge >= 0.3 is 0 Å². The Morgan fingerprint density at radius 2 is 2.50 bits per heavy atom. The number of hydrogen-bond acceptors (Lipinski definition) is 3. The molecule has 0 bridgehead atoms. The maximum Gasteiger partial charge on any atom is 0.123 e. The normalized spacial score (nSPS) is 15.1. The second-order valence-corrected chi connectivity index (χ2v) is 2.90. The molecule has 0 saturated heterocycles. The predicted molar refractivity (Wildman–Crippen MR) is 45.3 cm³/mol. The molecule has 0 amide bonds. The summed E-state index contributed by atoms with van der Waals surface area (Å²) in [4.78, 5) is 0. The Morgan fingerprint density at radius 1 is 1.75 bits per heavy atom. The van der Waals surface area contributed by atoms with Gasteiger partial charge in [0, 0.05) is 12.4 Å². The molecule has 0 aliphatic rings. The van der Waals surface area contributed by atoms with Crippen LogP contribution in [0.15, 0.2) is 18.5 Å². The Morgan fingerprint density at radius 3 is 2.92 bits per heavy atom. The summed E-state index contributed by atoms with van der Waals surface area (Å²) in [5, 5.41) is 15.8. The SMILES string of the molecule is CNC(C)(C#N)Cn1cccn1. The zero-order chi connectivity index (χ0) is 9.03. The lowest BCUT2D eigenvalue weighted by Gasteiger charge is -2.20. The van der Waals surface area contributed by atoms with E-state index in [1.165, 1.54) is 0 Å². The molecule has 4 nitrogen and oxygen atoms in total. The Hall–Kier alpha value is -1.34. The van der Waals surface area contributed by atoms with Crippen molar-refractivity contribution in [1.29, 1.82) is 5.26 Å². The summed E-state index contributed by atoms with van der Waals surface area (Å²) in [7, 11) is 1.77. The highest BCUT2D eigenvalue weighted by molar-refractivity contribution is 5.02. The average Bonchev–Trinajstić information content (AvgIpc) is 2.57. The summed E-state index contributed by atoms with van der Waals surface area (Å²) in [5.74, 6) is 0. The van der Waals surface area contributed by atoms with Crippen LogP contribution in [-0.2, 0) is 6.54 Å². The summed E-state index contributed by atoms with van der Waals surface area (Å²) in [6, 6.07) is 4.04. The molecule has 4 heteroatoms. The van der Waals surface area contributed by atoms with E-state index < -0.39 is 5.54 Å². The molecule has 1 rings (SSSR count). The molecule has 12 heavy (non-hydrogen) atoms. The molecule has 0 fully saturated rings. The van der Waals surface area contributed by atoms with E-state index in [-0.39, 0.29) is 0 Å². The van der Waals surface area contributed by atoms with Gasteiger partial charge in [0.2, 0.25) is 0 Å². The van der Waals surface area contributed by atoms with E-state index in [2.05, 4.69) is 16.5 Å². The third-order valence-electron chi connectivity index (χ3n) is 1.84. The first kappa shape index (κ1) is 8.75. The van der Waals surface area contributed by atoms with Gasteiger partial charge in [0.15, 0.2) is 0 Å². The van der Waals surface area contributed by atoms with Crippen LogP contribution in [0.5, 0.6) is 0 Å². The Balaban J connectivity index is 2.68. The van der Waals surface area contributed by atoms with E-state index in [1.54, 1.807) is 17.9 Å². The maximum absolute atomic E-state index is 8.83. The first-order valence-corrected chi connectivity index (χ1v) is 3.78. The highest BCUT2D eigenvalue weighted by atomic mass is 15.3. The minimum atomic E-state index is -0.536. The van der Waals surface area contributed by atoms with Crippen molar-refractivity contribution in [3.8, 4) is 6.07 Å². The molecule has 1 aromatic rings. The largest absolute Gasteiger partial charge is 0.301 e. The summed E-state index contributed by atoms with van der Waals surface area (Å²) in [6.45, 7) is 2.40. The average molecular weight is 164 g/mol. The molecule has 1 unspecified atom stereocenters. The number of nitrogens with one attached hydrogen (secondary N) is 1. The van der Waals surface area contributed by atoms with Crippen LogP contribution in [0.3, 0.4) is 0 Å². The van der Waals surface area contributed by atoms with Crippen LogP contribution in [0.1, 0.15) is 6.92 Å². The highest BCUT2D eigenvalue weighted by Crippen LogP contribution is 2.03. The Bertz CT molecular complexity index is 272. The van der Waals surface area contributed by atoms with Crippen LogP contribution in [0, 0.1) is 11.3 Å². The first-order valence-electron chi connectivity index (χ1n) is 3.78. The molecule has 0 radical (unpaired) electrons. The third kappa shape index (κ3) is 1.83. The fraction of sp³-hybridized carbons (Fsp3) is 0.500. The van der Waals surface area contributed by atoms with Gasteiger partial charge in [-0.3, -0.25) is 4.68 Å². The molecule has 0 spiro atoms. The molecule has 64 valence electrons. The lowest BCUT2D eigenvalue weighted by atomic mass is 10.1. The van der Waals surface area contributed by atoms with Crippen molar-refractivity contribution < 1.29 is 0 Å². The number of aromatic nitrogens is 2. The minimum absolute atomic E-state index is 0.536. The molecule has 0 aromatic carbocycles. The lowest BCUT2D eigenvalue weighted by molar-refractivity contribution is 0.396. The van der Waals surface area contributed by atoms with E-state index >= 15 is 0 Å². The Labute approximate surface area is 71.8 Å². The number of likely N-dealkylation sites (N-methyl/N-ethyl adjacent to an activating group) is 1. The molecule has 0 aliphatic carbocycles. The van der Waals surface area contributed by atoms with Crippen LogP contribution in [0.2, 0.25) is 0 Å². The third-order valence-corrected chi connectivity index (χ3v) is 1.84. The number of rotatable bonds is 3. The predicted octanol–water partition coefficient (Wildman–Crippen LogP) is 0.385. The summed E-state index contributed by atoms with van der Waals surface area (Å²) < 4.78 is 1.74. The molecule has 0 aliphatic heterocycles. The van der Waals surface area contributed by atoms with Gasteiger partial charge in [-0.15, -0.1) is 0 Å². The molecule has 1 aromatic heterocycles. The summed E-state index contributed by atoms with van der Waals surface area (Å²) >= 11 is 0. The summed E-state index contributed by atoms with van der Waals surface area (Å²) in [5.41, 5.74) is -0.536. The Kier molecular flexibility index (Phi) is 2.46. The quantitative estimate of drug-likeness (QED) is 0.702. The smallest absolute Gasteiger partial charge is 0.123 e. The highest BCUT2D eigenvalue weighted by Gasteiger charge is 2.21. The van der Waals surface area contributed by atoms with E-state index in [1.807, 2.05) is 19.2 Å². The summed E-state index contributed by atoms with van der Waals surface area (Å²) in [6.07, 6.45) is 3.54. The van der Waals surface area contributed by atoms with Crippen molar-refractivity contribution in [2.24, 2.45) is 0 Å². The van der Waals surface area contributed by atoms with Crippen LogP contribution in [-0.4, -0.2) is 22.4 Å². The number of nitriles is 1. The topological polar surface area (TPSA) is 53.6 Å². The first-order chi connectivity index (χ1) is 5.70. The molecule has 1 N–H and O–H groups in total. The molecular weight excluding hydrogens is 152 g/mol. The van der Waals surface area contributed by atoms with Gasteiger partial charge in [0.1, 0.15) is 5.54 Å². The van der Waals surface area contributed by atoms with Crippen molar-refractivity contribution in [2.75, 3.05) is 7.05 Å². The van der Waals surface area contributed by atoms with Gasteiger partial charge in [-0.05, 0) is 20.0 Å². The van der Waals surface area contributed by atoms with E-state index in [4.69, 9.17) is 5.26 Å². The van der Waals surface area contributed by atoms with Crippen molar-refractivity contribution in [1.82, 2.24) is 15.1 Å². The second-order valence-electron chi connectivity index (χ2n) is 2.90. The lowest BCUT2D eigenvalue weighted by Crippen LogP contribution is -2.42. The fourth-order valence-electron chi connectivity index (χ4n) is 0.888. The van der Waals surface area contributed by atoms with Gasteiger partial charge in [0.25, 0.3) is 0 Å². The molecular formula is C8H12N4. The van der Waals surface area contributed by atoms with Gasteiger partial charge in [-0.2, -0.15) is 10.4 Å². The molecule has 0 saturated carbocycles. The van der Waals surface area contributed by atoms with Crippen LogP contribution in [0.25, 0.3) is 0 Å². The van der Waals surface area contributed by atoms with Gasteiger partial charge in [-0.1, -0.05) is 0 Å². The van der Waals surface area contributed by atoms with Crippen molar-refractivity contribution in [3.63, 3.8) is 0 Å². The van der Waals surface area contributed by atoms with Crippen LogP contribution >= 0.6 is 0 Å². The van der Waals surface area contributed by atoms with E-state index in [9.17, 15) is 0 Å². The van der Waals surface area contributed by atoms with Gasteiger partial charge in [-0.25, -0.2) is 0 Å². The zero-order valence-electron chi connectivity index (χ0n) is 7.28. The fourth-order valence-corrected chi connectivity index (χ4v) is 0.888. The van der Waals surface area contributed by atoms with Crippen LogP contribution in [0.4, 0.5) is 0 Å².